The van der Waals surface area contributed by atoms with Crippen molar-refractivity contribution < 1.29 is 9.59 Å². The Bertz CT molecular complexity index is 336. The molecule has 0 aromatic heterocycles. The van der Waals surface area contributed by atoms with Crippen LogP contribution in [-0.2, 0) is 9.59 Å². The van der Waals surface area contributed by atoms with E-state index in [0.29, 0.717) is 12.6 Å². The number of carbonyl (C=O) groups excluding carboxylic acids is 2. The monoisotopic (exact) mass is 296 g/mol. The number of rotatable bonds is 7. The van der Waals surface area contributed by atoms with E-state index in [1.54, 1.807) is 11.8 Å². The Morgan fingerprint density at radius 1 is 1.19 bits per heavy atom. The molecule has 1 unspecified atom stereocenters. The van der Waals surface area contributed by atoms with Crippen molar-refractivity contribution in [2.45, 2.75) is 84.7 Å². The minimum absolute atomic E-state index is 0.000874. The van der Waals surface area contributed by atoms with Crippen LogP contribution in [0.4, 0.5) is 0 Å². The molecule has 0 bridgehead atoms. The van der Waals surface area contributed by atoms with E-state index in [1.165, 1.54) is 19.3 Å². The molecule has 1 aliphatic rings. The first kappa shape index (κ1) is 18.0. The number of nitrogens with one attached hydrogen (secondary N) is 1. The van der Waals surface area contributed by atoms with E-state index < -0.39 is 0 Å². The quantitative estimate of drug-likeness (QED) is 0.785. The summed E-state index contributed by atoms with van der Waals surface area (Å²) in [5.74, 6) is 0.165. The van der Waals surface area contributed by atoms with Crippen molar-refractivity contribution in [1.29, 1.82) is 0 Å². The Kier molecular flexibility index (Phi) is 7.76. The molecule has 1 rings (SSSR count). The van der Waals surface area contributed by atoms with Crippen LogP contribution in [0, 0.1) is 5.92 Å². The molecular formula is C17H32N2O2. The SMILES string of the molecule is CCCCN(C(C)=O)C(C(=O)NC1CCCCC1)C(C)C. The molecule has 0 aromatic rings. The third-order valence-corrected chi connectivity index (χ3v) is 4.34. The van der Waals surface area contributed by atoms with Crippen molar-refractivity contribution in [3.63, 3.8) is 0 Å². The molecule has 2 amide bonds. The van der Waals surface area contributed by atoms with E-state index in [1.807, 2.05) is 13.8 Å². The highest BCUT2D eigenvalue weighted by atomic mass is 16.2. The molecule has 1 atom stereocenters. The summed E-state index contributed by atoms with van der Waals surface area (Å²) in [5, 5.41) is 3.18. The van der Waals surface area contributed by atoms with Crippen LogP contribution >= 0.6 is 0 Å². The highest BCUT2D eigenvalue weighted by Crippen LogP contribution is 2.19. The lowest BCUT2D eigenvalue weighted by atomic mass is 9.94. The third-order valence-electron chi connectivity index (χ3n) is 4.34. The van der Waals surface area contributed by atoms with E-state index in [2.05, 4.69) is 12.2 Å². The van der Waals surface area contributed by atoms with Gasteiger partial charge in [-0.15, -0.1) is 0 Å². The van der Waals surface area contributed by atoms with Gasteiger partial charge < -0.3 is 10.2 Å². The Hall–Kier alpha value is -1.06. The van der Waals surface area contributed by atoms with Crippen LogP contribution in [0.1, 0.15) is 72.6 Å². The molecular weight excluding hydrogens is 264 g/mol. The van der Waals surface area contributed by atoms with Gasteiger partial charge >= 0.3 is 0 Å². The fourth-order valence-corrected chi connectivity index (χ4v) is 3.16. The zero-order chi connectivity index (χ0) is 15.8. The smallest absolute Gasteiger partial charge is 0.243 e. The van der Waals surface area contributed by atoms with Crippen LogP contribution in [0.25, 0.3) is 0 Å². The lowest BCUT2D eigenvalue weighted by molar-refractivity contribution is -0.141. The summed E-state index contributed by atoms with van der Waals surface area (Å²) in [4.78, 5) is 26.4. The lowest BCUT2D eigenvalue weighted by Gasteiger charge is -2.34. The van der Waals surface area contributed by atoms with E-state index in [0.717, 1.165) is 25.7 Å². The number of amides is 2. The zero-order valence-electron chi connectivity index (χ0n) is 14.2. The van der Waals surface area contributed by atoms with E-state index in [4.69, 9.17) is 0 Å². The molecule has 122 valence electrons. The Morgan fingerprint density at radius 2 is 1.81 bits per heavy atom. The predicted molar refractivity (Wildman–Crippen MR) is 85.9 cm³/mol. The van der Waals surface area contributed by atoms with Crippen molar-refractivity contribution in [2.24, 2.45) is 5.92 Å². The standard InChI is InChI=1S/C17H32N2O2/c1-5-6-12-19(14(4)20)16(13(2)3)17(21)18-15-10-8-7-9-11-15/h13,15-16H,5-12H2,1-4H3,(H,18,21). The van der Waals surface area contributed by atoms with Gasteiger partial charge in [-0.05, 0) is 25.2 Å². The van der Waals surface area contributed by atoms with Gasteiger partial charge in [0.15, 0.2) is 0 Å². The molecule has 1 saturated carbocycles. The van der Waals surface area contributed by atoms with Gasteiger partial charge in [-0.25, -0.2) is 0 Å². The maximum Gasteiger partial charge on any atom is 0.243 e. The molecule has 4 heteroatoms. The largest absolute Gasteiger partial charge is 0.352 e. The van der Waals surface area contributed by atoms with Gasteiger partial charge in [-0.3, -0.25) is 9.59 Å². The summed E-state index contributed by atoms with van der Waals surface area (Å²) in [6.07, 6.45) is 7.79. The highest BCUT2D eigenvalue weighted by Gasteiger charge is 2.31. The third kappa shape index (κ3) is 5.68. The van der Waals surface area contributed by atoms with Crippen molar-refractivity contribution in [2.75, 3.05) is 6.54 Å². The first-order valence-electron chi connectivity index (χ1n) is 8.55. The van der Waals surface area contributed by atoms with Crippen LogP contribution in [0.15, 0.2) is 0 Å². The Labute approximate surface area is 129 Å². The lowest BCUT2D eigenvalue weighted by Crippen LogP contribution is -2.54. The maximum absolute atomic E-state index is 12.7. The van der Waals surface area contributed by atoms with Crippen molar-refractivity contribution in [1.82, 2.24) is 10.2 Å². The summed E-state index contributed by atoms with van der Waals surface area (Å²) >= 11 is 0. The van der Waals surface area contributed by atoms with Crippen LogP contribution in [0.3, 0.4) is 0 Å². The first-order valence-corrected chi connectivity index (χ1v) is 8.55. The van der Waals surface area contributed by atoms with Gasteiger partial charge in [0.25, 0.3) is 0 Å². The number of unbranched alkanes of at least 4 members (excludes halogenated alkanes) is 1. The molecule has 21 heavy (non-hydrogen) atoms. The van der Waals surface area contributed by atoms with Gasteiger partial charge in [0.2, 0.25) is 11.8 Å². The number of hydrogen-bond acceptors (Lipinski definition) is 2. The second-order valence-electron chi connectivity index (χ2n) is 6.60. The van der Waals surface area contributed by atoms with E-state index in [-0.39, 0.29) is 23.8 Å². The van der Waals surface area contributed by atoms with Gasteiger partial charge in [-0.2, -0.15) is 0 Å². The molecule has 0 spiro atoms. The van der Waals surface area contributed by atoms with Crippen LogP contribution < -0.4 is 5.32 Å². The summed E-state index contributed by atoms with van der Waals surface area (Å²) in [5.41, 5.74) is 0. The van der Waals surface area contributed by atoms with Gasteiger partial charge in [0, 0.05) is 19.5 Å². The average Bonchev–Trinajstić information content (AvgIpc) is 2.43. The summed E-state index contributed by atoms with van der Waals surface area (Å²) < 4.78 is 0. The van der Waals surface area contributed by atoms with E-state index in [9.17, 15) is 9.59 Å². The highest BCUT2D eigenvalue weighted by molar-refractivity contribution is 5.87. The van der Waals surface area contributed by atoms with E-state index >= 15 is 0 Å². The van der Waals surface area contributed by atoms with Crippen LogP contribution in [-0.4, -0.2) is 35.3 Å². The minimum atomic E-state index is -0.337. The minimum Gasteiger partial charge on any atom is -0.352 e. The molecule has 0 heterocycles. The predicted octanol–water partition coefficient (Wildman–Crippen LogP) is 3.11. The zero-order valence-corrected chi connectivity index (χ0v) is 14.2. The molecule has 0 saturated heterocycles. The number of carbonyl (C=O) groups is 2. The Balaban J connectivity index is 2.72. The molecule has 1 fully saturated rings. The normalized spacial score (nSPS) is 17.6. The molecule has 0 aromatic carbocycles. The average molecular weight is 296 g/mol. The van der Waals surface area contributed by atoms with Gasteiger partial charge in [0.05, 0.1) is 0 Å². The van der Waals surface area contributed by atoms with Gasteiger partial charge in [0.1, 0.15) is 6.04 Å². The summed E-state index contributed by atoms with van der Waals surface area (Å²) in [6, 6.07) is -0.0385. The molecule has 0 aliphatic heterocycles. The fourth-order valence-electron chi connectivity index (χ4n) is 3.16. The molecule has 4 nitrogen and oxygen atoms in total. The number of nitrogens with zero attached hydrogens (tertiary/aromatic N) is 1. The summed E-state index contributed by atoms with van der Waals surface area (Å²) in [6.45, 7) is 8.39. The second-order valence-corrected chi connectivity index (χ2v) is 6.60. The second kappa shape index (κ2) is 9.06. The molecule has 1 aliphatic carbocycles. The fraction of sp³-hybridized carbons (Fsp3) is 0.882. The van der Waals surface area contributed by atoms with Crippen LogP contribution in [0.5, 0.6) is 0 Å². The molecule has 0 radical (unpaired) electrons. The maximum atomic E-state index is 12.7. The number of hydrogen-bond donors (Lipinski definition) is 1. The summed E-state index contributed by atoms with van der Waals surface area (Å²) in [7, 11) is 0. The van der Waals surface area contributed by atoms with Gasteiger partial charge in [-0.1, -0.05) is 46.5 Å². The Morgan fingerprint density at radius 3 is 2.29 bits per heavy atom. The van der Waals surface area contributed by atoms with Crippen molar-refractivity contribution >= 4 is 11.8 Å². The molecule has 1 N–H and O–H groups in total. The van der Waals surface area contributed by atoms with Crippen molar-refractivity contribution in [3.05, 3.63) is 0 Å². The first-order chi connectivity index (χ1) is 9.97. The van der Waals surface area contributed by atoms with Crippen molar-refractivity contribution in [3.8, 4) is 0 Å². The topological polar surface area (TPSA) is 49.4 Å². The van der Waals surface area contributed by atoms with Crippen LogP contribution in [0.2, 0.25) is 0 Å².